The third kappa shape index (κ3) is 7.70. The molecule has 0 radical (unpaired) electrons. The molecule has 22 heavy (non-hydrogen) atoms. The van der Waals surface area contributed by atoms with E-state index >= 15 is 0 Å². The summed E-state index contributed by atoms with van der Waals surface area (Å²) in [5.74, 6) is 2.97. The maximum atomic E-state index is 12.2. The smallest absolute Gasteiger partial charge is 0.422 e. The normalized spacial score (nSPS) is 10.5. The van der Waals surface area contributed by atoms with Gasteiger partial charge in [0.2, 0.25) is 0 Å². The van der Waals surface area contributed by atoms with Gasteiger partial charge in [-0.1, -0.05) is 36.3 Å². The Bertz CT molecular complexity index is 509. The van der Waals surface area contributed by atoms with E-state index in [1.807, 2.05) is 51.1 Å². The van der Waals surface area contributed by atoms with Gasteiger partial charge in [-0.3, -0.25) is 0 Å². The summed E-state index contributed by atoms with van der Waals surface area (Å²) < 4.78 is 5.39. The van der Waals surface area contributed by atoms with E-state index in [2.05, 4.69) is 12.0 Å². The van der Waals surface area contributed by atoms with Crippen molar-refractivity contribution >= 4 is 6.09 Å². The molecule has 1 rings (SSSR count). The minimum atomic E-state index is -0.551. The van der Waals surface area contributed by atoms with Crippen LogP contribution < -0.4 is 0 Å². The fraction of sp³-hybridized carbons (Fsp3) is 0.500. The second-order valence-corrected chi connectivity index (χ2v) is 6.02. The number of amides is 1. The van der Waals surface area contributed by atoms with Crippen molar-refractivity contribution in [3.8, 4) is 12.0 Å². The first-order chi connectivity index (χ1) is 10.4. The van der Waals surface area contributed by atoms with Crippen LogP contribution in [0.1, 0.15) is 45.6 Å². The largest absolute Gasteiger partial charge is 0.443 e. The lowest BCUT2D eigenvalue weighted by molar-refractivity contribution is 0.0341. The maximum Gasteiger partial charge on any atom is 0.422 e. The van der Waals surface area contributed by atoms with E-state index in [0.717, 1.165) is 18.4 Å². The minimum absolute atomic E-state index is 0.168. The monoisotopic (exact) mass is 303 g/mol. The average Bonchev–Trinajstić information content (AvgIpc) is 2.45. The van der Waals surface area contributed by atoms with Gasteiger partial charge in [0, 0.05) is 19.1 Å². The fourth-order valence-electron chi connectivity index (χ4n) is 1.71. The van der Waals surface area contributed by atoms with Crippen molar-refractivity contribution < 1.29 is 14.6 Å². The Kier molecular flexibility index (Phi) is 7.48. The molecule has 0 saturated carbocycles. The third-order valence-corrected chi connectivity index (χ3v) is 2.72. The van der Waals surface area contributed by atoms with Crippen LogP contribution in [0.15, 0.2) is 30.3 Å². The molecule has 0 aliphatic rings. The number of nitrogens with zero attached hydrogens (tertiary/aromatic N) is 1. The molecule has 1 aromatic carbocycles. The second-order valence-electron chi connectivity index (χ2n) is 6.02. The number of hydrogen-bond acceptors (Lipinski definition) is 3. The molecule has 0 aliphatic carbocycles. The zero-order valence-corrected chi connectivity index (χ0v) is 13.6. The van der Waals surface area contributed by atoms with Crippen molar-refractivity contribution in [1.29, 1.82) is 0 Å². The Morgan fingerprint density at radius 1 is 1.23 bits per heavy atom. The number of rotatable bonds is 5. The molecular formula is C18H25NO3. The number of unbranched alkanes of at least 4 members (excludes halogenated alkanes) is 2. The Morgan fingerprint density at radius 3 is 2.50 bits per heavy atom. The molecule has 4 nitrogen and oxygen atoms in total. The van der Waals surface area contributed by atoms with Crippen LogP contribution >= 0.6 is 0 Å². The molecule has 120 valence electrons. The first kappa shape index (κ1) is 18.1. The van der Waals surface area contributed by atoms with Gasteiger partial charge < -0.3 is 9.84 Å². The number of aliphatic hydroxyl groups is 1. The van der Waals surface area contributed by atoms with Crippen molar-refractivity contribution in [2.45, 2.75) is 52.2 Å². The second kappa shape index (κ2) is 9.11. The van der Waals surface area contributed by atoms with Crippen molar-refractivity contribution in [3.63, 3.8) is 0 Å². The highest BCUT2D eigenvalue weighted by Gasteiger charge is 2.21. The van der Waals surface area contributed by atoms with Crippen LogP contribution in [0.5, 0.6) is 0 Å². The van der Waals surface area contributed by atoms with Crippen molar-refractivity contribution in [2.75, 3.05) is 6.61 Å². The lowest BCUT2D eigenvalue weighted by Crippen LogP contribution is -2.33. The Balaban J connectivity index is 2.74. The van der Waals surface area contributed by atoms with Crippen molar-refractivity contribution in [3.05, 3.63) is 35.9 Å². The van der Waals surface area contributed by atoms with E-state index in [1.54, 1.807) is 0 Å². The Hall–Kier alpha value is -1.99. The van der Waals surface area contributed by atoms with Crippen LogP contribution in [-0.4, -0.2) is 28.3 Å². The van der Waals surface area contributed by atoms with Crippen LogP contribution in [0.2, 0.25) is 0 Å². The molecule has 0 unspecified atom stereocenters. The first-order valence-electron chi connectivity index (χ1n) is 7.56. The van der Waals surface area contributed by atoms with Crippen molar-refractivity contribution in [1.82, 2.24) is 4.90 Å². The van der Waals surface area contributed by atoms with Gasteiger partial charge in [-0.15, -0.1) is 0 Å². The molecule has 1 N–H and O–H groups in total. The van der Waals surface area contributed by atoms with Gasteiger partial charge in [0.25, 0.3) is 0 Å². The van der Waals surface area contributed by atoms with Gasteiger partial charge in [-0.2, -0.15) is 0 Å². The summed E-state index contributed by atoms with van der Waals surface area (Å²) in [6.45, 7) is 6.06. The Morgan fingerprint density at radius 2 is 1.91 bits per heavy atom. The van der Waals surface area contributed by atoms with Gasteiger partial charge in [-0.25, -0.2) is 9.69 Å². The molecule has 0 aliphatic heterocycles. The standard InChI is InChI=1S/C18H25NO3/c1-18(2,3)22-17(21)19(13-9-4-5-10-14-20)15-16-11-7-6-8-12-16/h6-8,11-12,20H,4-5,10,14-15H2,1-3H3. The van der Waals surface area contributed by atoms with Crippen molar-refractivity contribution in [2.24, 2.45) is 0 Å². The average molecular weight is 303 g/mol. The number of carbonyl (C=O) groups is 1. The van der Waals surface area contributed by atoms with Gasteiger partial charge >= 0.3 is 6.09 Å². The number of ether oxygens (including phenoxy) is 1. The summed E-state index contributed by atoms with van der Waals surface area (Å²) in [6, 6.07) is 12.6. The van der Waals surface area contributed by atoms with E-state index in [-0.39, 0.29) is 6.61 Å². The molecule has 4 heteroatoms. The number of carbonyl (C=O) groups excluding carboxylic acids is 1. The van der Waals surface area contributed by atoms with E-state index < -0.39 is 11.7 Å². The van der Waals surface area contributed by atoms with E-state index in [0.29, 0.717) is 13.0 Å². The van der Waals surface area contributed by atoms with Crippen LogP contribution in [-0.2, 0) is 11.3 Å². The highest BCUT2D eigenvalue weighted by molar-refractivity contribution is 5.70. The van der Waals surface area contributed by atoms with Gasteiger partial charge in [0.15, 0.2) is 0 Å². The topological polar surface area (TPSA) is 49.8 Å². The van der Waals surface area contributed by atoms with Crippen LogP contribution in [0, 0.1) is 12.0 Å². The van der Waals surface area contributed by atoms with Crippen LogP contribution in [0.3, 0.4) is 0 Å². The predicted molar refractivity (Wildman–Crippen MR) is 86.9 cm³/mol. The number of hydrogen-bond donors (Lipinski definition) is 1. The fourth-order valence-corrected chi connectivity index (χ4v) is 1.71. The summed E-state index contributed by atoms with van der Waals surface area (Å²) in [4.78, 5) is 13.6. The van der Waals surface area contributed by atoms with Gasteiger partial charge in [0.05, 0.1) is 6.54 Å². The molecule has 0 heterocycles. The van der Waals surface area contributed by atoms with Gasteiger partial charge in [-0.05, 0) is 39.2 Å². The van der Waals surface area contributed by atoms with E-state index in [9.17, 15) is 4.79 Å². The molecular weight excluding hydrogens is 278 g/mol. The first-order valence-corrected chi connectivity index (χ1v) is 7.56. The zero-order valence-electron chi connectivity index (χ0n) is 13.6. The highest BCUT2D eigenvalue weighted by Crippen LogP contribution is 2.12. The summed E-state index contributed by atoms with van der Waals surface area (Å²) >= 11 is 0. The molecule has 0 aromatic heterocycles. The Labute approximate surface area is 133 Å². The summed E-state index contributed by atoms with van der Waals surface area (Å²) in [5, 5.41) is 8.75. The molecule has 0 spiro atoms. The summed E-state index contributed by atoms with van der Waals surface area (Å²) in [7, 11) is 0. The number of benzene rings is 1. The van der Waals surface area contributed by atoms with E-state index in [4.69, 9.17) is 9.84 Å². The summed E-state index contributed by atoms with van der Waals surface area (Å²) in [5.41, 5.74) is 0.447. The molecule has 0 saturated heterocycles. The molecule has 0 atom stereocenters. The van der Waals surface area contributed by atoms with E-state index in [1.165, 1.54) is 4.90 Å². The number of aliphatic hydroxyl groups excluding tert-OH is 1. The zero-order chi connectivity index (χ0) is 16.4. The molecule has 1 amide bonds. The van der Waals surface area contributed by atoms with Gasteiger partial charge in [0.1, 0.15) is 5.60 Å². The maximum absolute atomic E-state index is 12.2. The van der Waals surface area contributed by atoms with Crippen LogP contribution in [0.4, 0.5) is 4.79 Å². The SMILES string of the molecule is CC(C)(C)OC(=O)N(C#CCCCCO)Cc1ccccc1. The van der Waals surface area contributed by atoms with Crippen LogP contribution in [0.25, 0.3) is 0 Å². The predicted octanol–water partition coefficient (Wildman–Crippen LogP) is 3.55. The third-order valence-electron chi connectivity index (χ3n) is 2.72. The summed E-state index contributed by atoms with van der Waals surface area (Å²) in [6.07, 6.45) is 1.75. The molecule has 0 fully saturated rings. The molecule has 1 aromatic rings. The quantitative estimate of drug-likeness (QED) is 0.514. The minimum Gasteiger partial charge on any atom is -0.443 e. The molecule has 0 bridgehead atoms. The lowest BCUT2D eigenvalue weighted by Gasteiger charge is -2.23. The highest BCUT2D eigenvalue weighted by atomic mass is 16.6. The lowest BCUT2D eigenvalue weighted by atomic mass is 10.2.